The Balaban J connectivity index is 2.42. The number of nitrogens with zero attached hydrogens (tertiary/aromatic N) is 2. The molecule has 0 saturated heterocycles. The zero-order valence-electron chi connectivity index (χ0n) is 12.9. The van der Waals surface area contributed by atoms with Gasteiger partial charge in [-0.3, -0.25) is 9.88 Å². The van der Waals surface area contributed by atoms with Crippen molar-refractivity contribution in [2.24, 2.45) is 0 Å². The summed E-state index contributed by atoms with van der Waals surface area (Å²) < 4.78 is 6.38. The van der Waals surface area contributed by atoms with Gasteiger partial charge in [0.1, 0.15) is 5.60 Å². The minimum absolute atomic E-state index is 0.387. The van der Waals surface area contributed by atoms with E-state index in [1.807, 2.05) is 45.9 Å². The number of amides is 1. The van der Waals surface area contributed by atoms with Crippen LogP contribution in [0.4, 0.5) is 10.5 Å². The van der Waals surface area contributed by atoms with E-state index in [-0.39, 0.29) is 6.09 Å². The standard InChI is InChI=1S/C16H19BrN2O2/c1-10-12-8-11(17)6-7-13(12)18-9-14(10)19(5)15(20)21-16(2,3)4/h6-9H,1-5H3. The van der Waals surface area contributed by atoms with Gasteiger partial charge >= 0.3 is 6.09 Å². The molecule has 0 spiro atoms. The molecule has 21 heavy (non-hydrogen) atoms. The second-order valence-electron chi connectivity index (χ2n) is 5.97. The van der Waals surface area contributed by atoms with E-state index in [1.54, 1.807) is 13.2 Å². The molecule has 1 amide bonds. The molecule has 0 radical (unpaired) electrons. The van der Waals surface area contributed by atoms with Crippen LogP contribution in [0.25, 0.3) is 10.9 Å². The van der Waals surface area contributed by atoms with Crippen molar-refractivity contribution in [1.82, 2.24) is 4.98 Å². The van der Waals surface area contributed by atoms with Crippen molar-refractivity contribution >= 4 is 38.6 Å². The summed E-state index contributed by atoms with van der Waals surface area (Å²) in [6.07, 6.45) is 1.32. The summed E-state index contributed by atoms with van der Waals surface area (Å²) in [5.41, 5.74) is 2.12. The van der Waals surface area contributed by atoms with Crippen molar-refractivity contribution in [1.29, 1.82) is 0 Å². The minimum Gasteiger partial charge on any atom is -0.443 e. The van der Waals surface area contributed by atoms with E-state index >= 15 is 0 Å². The number of hydrogen-bond donors (Lipinski definition) is 0. The van der Waals surface area contributed by atoms with Gasteiger partial charge in [-0.15, -0.1) is 0 Å². The fourth-order valence-electron chi connectivity index (χ4n) is 2.05. The van der Waals surface area contributed by atoms with Gasteiger partial charge < -0.3 is 4.74 Å². The first-order valence-electron chi connectivity index (χ1n) is 6.70. The second kappa shape index (κ2) is 5.64. The summed E-state index contributed by atoms with van der Waals surface area (Å²) in [7, 11) is 1.70. The van der Waals surface area contributed by atoms with Gasteiger partial charge in [-0.05, 0) is 51.5 Å². The molecule has 1 heterocycles. The van der Waals surface area contributed by atoms with Crippen LogP contribution < -0.4 is 4.90 Å². The van der Waals surface area contributed by atoms with Crippen LogP contribution in [-0.2, 0) is 4.74 Å². The molecule has 2 rings (SSSR count). The highest BCUT2D eigenvalue weighted by atomic mass is 79.9. The van der Waals surface area contributed by atoms with Gasteiger partial charge in [-0.25, -0.2) is 4.79 Å². The van der Waals surface area contributed by atoms with Crippen molar-refractivity contribution in [3.05, 3.63) is 34.4 Å². The summed E-state index contributed by atoms with van der Waals surface area (Å²) in [5.74, 6) is 0. The summed E-state index contributed by atoms with van der Waals surface area (Å²) in [5, 5.41) is 1.01. The Hall–Kier alpha value is -1.62. The van der Waals surface area contributed by atoms with Crippen LogP contribution >= 0.6 is 15.9 Å². The number of anilines is 1. The normalized spacial score (nSPS) is 11.5. The maximum Gasteiger partial charge on any atom is 0.414 e. The SMILES string of the molecule is Cc1c(N(C)C(=O)OC(C)(C)C)cnc2ccc(Br)cc12. The lowest BCUT2D eigenvalue weighted by Gasteiger charge is -2.25. The highest BCUT2D eigenvalue weighted by Crippen LogP contribution is 2.28. The molecule has 5 heteroatoms. The van der Waals surface area contributed by atoms with E-state index in [2.05, 4.69) is 20.9 Å². The lowest BCUT2D eigenvalue weighted by molar-refractivity contribution is 0.0589. The molecule has 1 aromatic heterocycles. The Bertz CT molecular complexity index is 692. The third-order valence-corrected chi connectivity index (χ3v) is 3.59. The zero-order valence-corrected chi connectivity index (χ0v) is 14.5. The van der Waals surface area contributed by atoms with E-state index in [9.17, 15) is 4.79 Å². The van der Waals surface area contributed by atoms with Crippen molar-refractivity contribution in [3.8, 4) is 0 Å². The van der Waals surface area contributed by atoms with Gasteiger partial charge in [-0.2, -0.15) is 0 Å². The first-order chi connectivity index (χ1) is 9.69. The maximum atomic E-state index is 12.2. The number of pyridine rings is 1. The third-order valence-electron chi connectivity index (χ3n) is 3.10. The zero-order chi connectivity index (χ0) is 15.8. The topological polar surface area (TPSA) is 42.4 Å². The maximum absolute atomic E-state index is 12.2. The number of carbonyl (C=O) groups is 1. The highest BCUT2D eigenvalue weighted by molar-refractivity contribution is 9.10. The Labute approximate surface area is 133 Å². The molecule has 0 fully saturated rings. The predicted molar refractivity (Wildman–Crippen MR) is 88.8 cm³/mol. The largest absolute Gasteiger partial charge is 0.443 e. The fourth-order valence-corrected chi connectivity index (χ4v) is 2.41. The summed E-state index contributed by atoms with van der Waals surface area (Å²) in [4.78, 5) is 18.1. The van der Waals surface area contributed by atoms with Crippen LogP contribution in [0.1, 0.15) is 26.3 Å². The first-order valence-corrected chi connectivity index (χ1v) is 7.50. The number of halogens is 1. The average molecular weight is 351 g/mol. The molecule has 1 aromatic carbocycles. The third kappa shape index (κ3) is 3.53. The Morgan fingerprint density at radius 2 is 2.00 bits per heavy atom. The van der Waals surface area contributed by atoms with E-state index in [4.69, 9.17) is 4.74 Å². The number of carbonyl (C=O) groups excluding carboxylic acids is 1. The van der Waals surface area contributed by atoms with Gasteiger partial charge in [0.2, 0.25) is 0 Å². The Kier molecular flexibility index (Phi) is 4.23. The van der Waals surface area contributed by atoms with Crippen molar-refractivity contribution in [2.75, 3.05) is 11.9 Å². The first kappa shape index (κ1) is 15.8. The molecule has 0 saturated carbocycles. The van der Waals surface area contributed by atoms with Crippen LogP contribution in [0, 0.1) is 6.92 Å². The molecule has 0 N–H and O–H groups in total. The quantitative estimate of drug-likeness (QED) is 0.749. The predicted octanol–water partition coefficient (Wildman–Crippen LogP) is 4.68. The van der Waals surface area contributed by atoms with Crippen molar-refractivity contribution < 1.29 is 9.53 Å². The summed E-state index contributed by atoms with van der Waals surface area (Å²) >= 11 is 3.46. The molecule has 0 unspecified atom stereocenters. The van der Waals surface area contributed by atoms with Crippen LogP contribution in [-0.4, -0.2) is 23.7 Å². The van der Waals surface area contributed by atoms with E-state index in [0.29, 0.717) is 0 Å². The fraction of sp³-hybridized carbons (Fsp3) is 0.375. The van der Waals surface area contributed by atoms with E-state index in [0.717, 1.165) is 26.6 Å². The second-order valence-corrected chi connectivity index (χ2v) is 6.88. The van der Waals surface area contributed by atoms with Crippen LogP contribution in [0.15, 0.2) is 28.9 Å². The smallest absolute Gasteiger partial charge is 0.414 e. The molecule has 4 nitrogen and oxygen atoms in total. The molecule has 0 bridgehead atoms. The van der Waals surface area contributed by atoms with Gasteiger partial charge in [0.15, 0.2) is 0 Å². The molecule has 0 atom stereocenters. The monoisotopic (exact) mass is 350 g/mol. The number of benzene rings is 1. The number of hydrogen-bond acceptors (Lipinski definition) is 3. The van der Waals surface area contributed by atoms with Crippen molar-refractivity contribution in [2.45, 2.75) is 33.3 Å². The van der Waals surface area contributed by atoms with Gasteiger partial charge in [0.05, 0.1) is 17.4 Å². The van der Waals surface area contributed by atoms with Crippen LogP contribution in [0.5, 0.6) is 0 Å². The Morgan fingerprint density at radius 3 is 2.62 bits per heavy atom. The molecule has 0 aliphatic rings. The molecule has 112 valence electrons. The molecule has 0 aliphatic carbocycles. The number of aromatic nitrogens is 1. The Morgan fingerprint density at radius 1 is 1.33 bits per heavy atom. The average Bonchev–Trinajstić information content (AvgIpc) is 2.37. The molecule has 0 aliphatic heterocycles. The molecular weight excluding hydrogens is 332 g/mol. The van der Waals surface area contributed by atoms with E-state index in [1.165, 1.54) is 4.90 Å². The molecular formula is C16H19BrN2O2. The van der Waals surface area contributed by atoms with E-state index < -0.39 is 5.60 Å². The number of ether oxygens (including phenoxy) is 1. The van der Waals surface area contributed by atoms with Gasteiger partial charge in [0, 0.05) is 16.9 Å². The molecule has 2 aromatic rings. The number of fused-ring (bicyclic) bond motifs is 1. The van der Waals surface area contributed by atoms with Crippen LogP contribution in [0.2, 0.25) is 0 Å². The van der Waals surface area contributed by atoms with Crippen molar-refractivity contribution in [3.63, 3.8) is 0 Å². The minimum atomic E-state index is -0.521. The number of aryl methyl sites for hydroxylation is 1. The summed E-state index contributed by atoms with van der Waals surface area (Å²) in [6.45, 7) is 7.52. The van der Waals surface area contributed by atoms with Gasteiger partial charge in [-0.1, -0.05) is 15.9 Å². The van der Waals surface area contributed by atoms with Gasteiger partial charge in [0.25, 0.3) is 0 Å². The lowest BCUT2D eigenvalue weighted by Crippen LogP contribution is -2.34. The summed E-state index contributed by atoms with van der Waals surface area (Å²) in [6, 6.07) is 5.90. The van der Waals surface area contributed by atoms with Crippen LogP contribution in [0.3, 0.4) is 0 Å². The number of rotatable bonds is 1. The lowest BCUT2D eigenvalue weighted by atomic mass is 10.1. The highest BCUT2D eigenvalue weighted by Gasteiger charge is 2.22.